The highest BCUT2D eigenvalue weighted by molar-refractivity contribution is 6.04. The standard InChI is InChI=1S/C15H18N2O3.ClH/c1-3-19-14-6-10(2)4-5-13(14)17-15(18)11-7-12(8-16)20-9-11;/h4-7,9H,3,8,16H2,1-2H3,(H,17,18);1H. The molecular formula is C15H19ClN2O3. The lowest BCUT2D eigenvalue weighted by Gasteiger charge is -2.11. The number of anilines is 1. The maximum Gasteiger partial charge on any atom is 0.259 e. The van der Waals surface area contributed by atoms with Crippen molar-refractivity contribution in [2.75, 3.05) is 11.9 Å². The van der Waals surface area contributed by atoms with E-state index in [1.807, 2.05) is 32.0 Å². The van der Waals surface area contributed by atoms with Crippen LogP contribution >= 0.6 is 12.4 Å². The number of hydrogen-bond acceptors (Lipinski definition) is 4. The lowest BCUT2D eigenvalue weighted by Crippen LogP contribution is -2.12. The van der Waals surface area contributed by atoms with Crippen molar-refractivity contribution in [2.24, 2.45) is 5.73 Å². The van der Waals surface area contributed by atoms with Gasteiger partial charge in [-0.1, -0.05) is 6.07 Å². The highest BCUT2D eigenvalue weighted by Gasteiger charge is 2.12. The van der Waals surface area contributed by atoms with E-state index in [9.17, 15) is 4.79 Å². The number of ether oxygens (including phenoxy) is 1. The molecule has 21 heavy (non-hydrogen) atoms. The Labute approximate surface area is 129 Å². The van der Waals surface area contributed by atoms with Crippen LogP contribution in [0.3, 0.4) is 0 Å². The summed E-state index contributed by atoms with van der Waals surface area (Å²) in [5.74, 6) is 0.978. The van der Waals surface area contributed by atoms with Crippen LogP contribution in [0.15, 0.2) is 34.9 Å². The molecule has 5 nitrogen and oxygen atoms in total. The third-order valence-electron chi connectivity index (χ3n) is 2.80. The van der Waals surface area contributed by atoms with Gasteiger partial charge < -0.3 is 20.2 Å². The monoisotopic (exact) mass is 310 g/mol. The van der Waals surface area contributed by atoms with Crippen molar-refractivity contribution < 1.29 is 13.9 Å². The van der Waals surface area contributed by atoms with Gasteiger partial charge in [0, 0.05) is 0 Å². The zero-order chi connectivity index (χ0) is 14.5. The minimum Gasteiger partial charge on any atom is -0.492 e. The van der Waals surface area contributed by atoms with Crippen molar-refractivity contribution in [1.82, 2.24) is 0 Å². The molecule has 0 saturated carbocycles. The number of nitrogens with one attached hydrogen (secondary N) is 1. The molecule has 2 aromatic rings. The Morgan fingerprint density at radius 3 is 2.76 bits per heavy atom. The Morgan fingerprint density at radius 1 is 1.38 bits per heavy atom. The van der Waals surface area contributed by atoms with Crippen LogP contribution in [0.25, 0.3) is 0 Å². The number of halogens is 1. The Balaban J connectivity index is 0.00000220. The van der Waals surface area contributed by atoms with Crippen LogP contribution in [-0.2, 0) is 6.54 Å². The van der Waals surface area contributed by atoms with E-state index in [1.165, 1.54) is 6.26 Å². The summed E-state index contributed by atoms with van der Waals surface area (Å²) in [6.45, 7) is 4.67. The first-order valence-corrected chi connectivity index (χ1v) is 6.46. The minimum atomic E-state index is -0.252. The Hall–Kier alpha value is -1.98. The first-order chi connectivity index (χ1) is 9.63. The number of aryl methyl sites for hydroxylation is 1. The minimum absolute atomic E-state index is 0. The molecule has 1 heterocycles. The smallest absolute Gasteiger partial charge is 0.259 e. The molecule has 2 rings (SSSR count). The summed E-state index contributed by atoms with van der Waals surface area (Å²) in [5.41, 5.74) is 7.60. The summed E-state index contributed by atoms with van der Waals surface area (Å²) >= 11 is 0. The molecule has 1 amide bonds. The Kier molecular flexibility index (Phi) is 6.27. The van der Waals surface area contributed by atoms with Crippen molar-refractivity contribution >= 4 is 24.0 Å². The quantitative estimate of drug-likeness (QED) is 0.889. The first kappa shape index (κ1) is 17.1. The van der Waals surface area contributed by atoms with Gasteiger partial charge in [-0.3, -0.25) is 4.79 Å². The van der Waals surface area contributed by atoms with E-state index < -0.39 is 0 Å². The summed E-state index contributed by atoms with van der Waals surface area (Å²) in [4.78, 5) is 12.1. The molecule has 0 saturated heterocycles. The van der Waals surface area contributed by atoms with Gasteiger partial charge >= 0.3 is 0 Å². The van der Waals surface area contributed by atoms with E-state index in [-0.39, 0.29) is 24.9 Å². The highest BCUT2D eigenvalue weighted by Crippen LogP contribution is 2.26. The summed E-state index contributed by atoms with van der Waals surface area (Å²) in [5, 5.41) is 2.81. The van der Waals surface area contributed by atoms with E-state index in [0.717, 1.165) is 5.56 Å². The van der Waals surface area contributed by atoms with Gasteiger partial charge in [0.2, 0.25) is 0 Å². The molecule has 0 fully saturated rings. The normalized spacial score (nSPS) is 9.86. The Morgan fingerprint density at radius 2 is 2.14 bits per heavy atom. The predicted octanol–water partition coefficient (Wildman–Crippen LogP) is 3.12. The van der Waals surface area contributed by atoms with E-state index in [1.54, 1.807) is 6.07 Å². The number of carbonyl (C=O) groups is 1. The fourth-order valence-electron chi connectivity index (χ4n) is 1.81. The number of rotatable bonds is 5. The van der Waals surface area contributed by atoms with Crippen LogP contribution in [0.1, 0.15) is 28.6 Å². The number of furan rings is 1. The number of hydrogen-bond donors (Lipinski definition) is 2. The van der Waals surface area contributed by atoms with Crippen LogP contribution < -0.4 is 15.8 Å². The summed E-state index contributed by atoms with van der Waals surface area (Å²) in [6, 6.07) is 7.25. The molecule has 0 aliphatic carbocycles. The van der Waals surface area contributed by atoms with Gasteiger partial charge in [0.1, 0.15) is 17.8 Å². The average molecular weight is 311 g/mol. The van der Waals surface area contributed by atoms with Gasteiger partial charge in [-0.25, -0.2) is 0 Å². The van der Waals surface area contributed by atoms with Crippen molar-refractivity contribution in [1.29, 1.82) is 0 Å². The maximum absolute atomic E-state index is 12.1. The highest BCUT2D eigenvalue weighted by atomic mass is 35.5. The summed E-state index contributed by atoms with van der Waals surface area (Å²) in [7, 11) is 0. The van der Waals surface area contributed by atoms with Crippen LogP contribution in [0.2, 0.25) is 0 Å². The molecule has 0 unspecified atom stereocenters. The summed E-state index contributed by atoms with van der Waals surface area (Å²) < 4.78 is 10.7. The van der Waals surface area contributed by atoms with E-state index in [2.05, 4.69) is 5.32 Å². The number of amides is 1. The van der Waals surface area contributed by atoms with Crippen LogP contribution in [0.5, 0.6) is 5.75 Å². The molecular weight excluding hydrogens is 292 g/mol. The zero-order valence-corrected chi connectivity index (χ0v) is 12.8. The van der Waals surface area contributed by atoms with Crippen molar-refractivity contribution in [3.63, 3.8) is 0 Å². The second kappa shape index (κ2) is 7.71. The SMILES string of the molecule is CCOc1cc(C)ccc1NC(=O)c1coc(CN)c1.Cl. The Bertz CT molecular complexity index is 611. The first-order valence-electron chi connectivity index (χ1n) is 6.46. The molecule has 6 heteroatoms. The fraction of sp³-hybridized carbons (Fsp3) is 0.267. The molecule has 0 spiro atoms. The van der Waals surface area contributed by atoms with Gasteiger partial charge in [-0.05, 0) is 37.6 Å². The van der Waals surface area contributed by atoms with Crippen molar-refractivity contribution in [3.8, 4) is 5.75 Å². The molecule has 1 aromatic carbocycles. The van der Waals surface area contributed by atoms with Crippen molar-refractivity contribution in [3.05, 3.63) is 47.4 Å². The van der Waals surface area contributed by atoms with Gasteiger partial charge in [0.25, 0.3) is 5.91 Å². The predicted molar refractivity (Wildman–Crippen MR) is 84.1 cm³/mol. The number of benzene rings is 1. The second-order valence-electron chi connectivity index (χ2n) is 4.39. The van der Waals surface area contributed by atoms with Crippen LogP contribution in [0.4, 0.5) is 5.69 Å². The van der Waals surface area contributed by atoms with Gasteiger partial charge in [-0.15, -0.1) is 12.4 Å². The van der Waals surface area contributed by atoms with Gasteiger partial charge in [-0.2, -0.15) is 0 Å². The molecule has 0 bridgehead atoms. The van der Waals surface area contributed by atoms with Crippen molar-refractivity contribution in [2.45, 2.75) is 20.4 Å². The molecule has 0 atom stereocenters. The van der Waals surface area contributed by atoms with E-state index in [0.29, 0.717) is 29.4 Å². The third kappa shape index (κ3) is 4.24. The molecule has 0 aliphatic rings. The van der Waals surface area contributed by atoms with Gasteiger partial charge in [0.05, 0.1) is 24.4 Å². The maximum atomic E-state index is 12.1. The third-order valence-corrected chi connectivity index (χ3v) is 2.80. The molecule has 3 N–H and O–H groups in total. The number of carbonyl (C=O) groups excluding carboxylic acids is 1. The van der Waals surface area contributed by atoms with E-state index in [4.69, 9.17) is 14.9 Å². The molecule has 0 radical (unpaired) electrons. The number of nitrogens with two attached hydrogens (primary N) is 1. The lowest BCUT2D eigenvalue weighted by molar-refractivity contribution is 0.102. The largest absolute Gasteiger partial charge is 0.492 e. The zero-order valence-electron chi connectivity index (χ0n) is 12.0. The molecule has 114 valence electrons. The van der Waals surface area contributed by atoms with Crippen LogP contribution in [-0.4, -0.2) is 12.5 Å². The summed E-state index contributed by atoms with van der Waals surface area (Å²) in [6.07, 6.45) is 1.39. The van der Waals surface area contributed by atoms with E-state index >= 15 is 0 Å². The van der Waals surface area contributed by atoms with Crippen LogP contribution in [0, 0.1) is 6.92 Å². The van der Waals surface area contributed by atoms with Gasteiger partial charge in [0.15, 0.2) is 0 Å². The topological polar surface area (TPSA) is 77.5 Å². The molecule has 1 aromatic heterocycles. The lowest BCUT2D eigenvalue weighted by atomic mass is 10.2. The molecule has 0 aliphatic heterocycles. The average Bonchev–Trinajstić information content (AvgIpc) is 2.91. The second-order valence-corrected chi connectivity index (χ2v) is 4.39. The fourth-order valence-corrected chi connectivity index (χ4v) is 1.81.